The summed E-state index contributed by atoms with van der Waals surface area (Å²) in [6.07, 6.45) is -0.517. The van der Waals surface area contributed by atoms with Crippen molar-refractivity contribution >= 4 is 17.7 Å². The SMILES string of the molecule is CC(C)N(C(=O)CSCc1cc(F)cc2c1O[C@@H](c1ccccc1)OC2)C(C)C. The molecule has 156 valence electrons. The molecule has 4 nitrogen and oxygen atoms in total. The molecule has 0 saturated carbocycles. The minimum Gasteiger partial charge on any atom is -0.460 e. The third-order valence-corrected chi connectivity index (χ3v) is 5.74. The monoisotopic (exact) mass is 417 g/mol. The number of hydrogen-bond acceptors (Lipinski definition) is 4. The van der Waals surface area contributed by atoms with Crippen LogP contribution in [0.25, 0.3) is 0 Å². The molecule has 1 atom stereocenters. The van der Waals surface area contributed by atoms with E-state index in [0.29, 0.717) is 22.8 Å². The summed E-state index contributed by atoms with van der Waals surface area (Å²) in [6.45, 7) is 8.36. The zero-order chi connectivity index (χ0) is 21.0. The van der Waals surface area contributed by atoms with Gasteiger partial charge in [-0.1, -0.05) is 30.3 Å². The van der Waals surface area contributed by atoms with Gasteiger partial charge in [0.15, 0.2) is 0 Å². The highest BCUT2D eigenvalue weighted by atomic mass is 32.2. The zero-order valence-corrected chi connectivity index (χ0v) is 18.2. The van der Waals surface area contributed by atoms with E-state index in [2.05, 4.69) is 0 Å². The minimum atomic E-state index is -0.517. The van der Waals surface area contributed by atoms with Crippen molar-refractivity contribution in [3.63, 3.8) is 0 Å². The fourth-order valence-electron chi connectivity index (χ4n) is 3.65. The van der Waals surface area contributed by atoms with Crippen LogP contribution in [0.15, 0.2) is 42.5 Å². The van der Waals surface area contributed by atoms with Crippen LogP contribution in [0.2, 0.25) is 0 Å². The Morgan fingerprint density at radius 1 is 1.17 bits per heavy atom. The first-order valence-corrected chi connectivity index (χ1v) is 11.1. The molecule has 3 rings (SSSR count). The van der Waals surface area contributed by atoms with E-state index in [1.807, 2.05) is 62.9 Å². The lowest BCUT2D eigenvalue weighted by Gasteiger charge is -2.31. The molecule has 2 aromatic carbocycles. The van der Waals surface area contributed by atoms with Gasteiger partial charge in [0.05, 0.1) is 12.4 Å². The first-order chi connectivity index (χ1) is 13.9. The van der Waals surface area contributed by atoms with Crippen molar-refractivity contribution < 1.29 is 18.7 Å². The molecule has 2 aromatic rings. The summed E-state index contributed by atoms with van der Waals surface area (Å²) >= 11 is 1.48. The van der Waals surface area contributed by atoms with E-state index >= 15 is 0 Å². The average molecular weight is 418 g/mol. The molecule has 0 aromatic heterocycles. The number of thioether (sulfide) groups is 1. The van der Waals surface area contributed by atoms with Crippen molar-refractivity contribution in [2.45, 2.75) is 58.4 Å². The lowest BCUT2D eigenvalue weighted by molar-refractivity contribution is -0.131. The molecule has 0 spiro atoms. The van der Waals surface area contributed by atoms with Gasteiger partial charge in [0.1, 0.15) is 11.6 Å². The van der Waals surface area contributed by atoms with E-state index in [1.165, 1.54) is 23.9 Å². The Morgan fingerprint density at radius 3 is 2.52 bits per heavy atom. The van der Waals surface area contributed by atoms with Gasteiger partial charge in [0.2, 0.25) is 12.2 Å². The van der Waals surface area contributed by atoms with Crippen LogP contribution in [0.3, 0.4) is 0 Å². The number of fused-ring (bicyclic) bond motifs is 1. The normalized spacial score (nSPS) is 15.9. The molecule has 0 saturated heterocycles. The number of rotatable bonds is 7. The molecule has 0 aliphatic carbocycles. The Hall–Kier alpha value is -2.05. The quantitative estimate of drug-likeness (QED) is 0.612. The van der Waals surface area contributed by atoms with Gasteiger partial charge >= 0.3 is 0 Å². The van der Waals surface area contributed by atoms with E-state index in [9.17, 15) is 9.18 Å². The molecule has 0 radical (unpaired) electrons. The zero-order valence-electron chi connectivity index (χ0n) is 17.4. The smallest absolute Gasteiger partial charge is 0.233 e. The second-order valence-corrected chi connectivity index (χ2v) is 8.69. The second kappa shape index (κ2) is 9.63. The summed E-state index contributed by atoms with van der Waals surface area (Å²) in [5, 5.41) is 0. The van der Waals surface area contributed by atoms with Gasteiger partial charge in [-0.2, -0.15) is 0 Å². The molecule has 0 bridgehead atoms. The van der Waals surface area contributed by atoms with Gasteiger partial charge in [0.25, 0.3) is 0 Å². The van der Waals surface area contributed by atoms with E-state index in [1.54, 1.807) is 0 Å². The summed E-state index contributed by atoms with van der Waals surface area (Å²) in [6, 6.07) is 12.9. The van der Waals surface area contributed by atoms with Crippen molar-refractivity contribution in [1.29, 1.82) is 0 Å². The molecule has 1 heterocycles. The molecule has 6 heteroatoms. The van der Waals surface area contributed by atoms with Crippen molar-refractivity contribution in [2.24, 2.45) is 0 Å². The average Bonchev–Trinajstić information content (AvgIpc) is 2.67. The standard InChI is InChI=1S/C23H28FNO3S/c1-15(2)25(16(3)4)21(26)14-29-13-19-11-20(24)10-18-12-27-23(28-22(18)19)17-8-6-5-7-9-17/h5-11,15-16,23H,12-14H2,1-4H3/t23-/m0/s1. The highest BCUT2D eigenvalue weighted by molar-refractivity contribution is 7.99. The summed E-state index contributed by atoms with van der Waals surface area (Å²) in [4.78, 5) is 14.5. The summed E-state index contributed by atoms with van der Waals surface area (Å²) in [5.41, 5.74) is 2.37. The third kappa shape index (κ3) is 5.31. The fourth-order valence-corrected chi connectivity index (χ4v) is 4.51. The van der Waals surface area contributed by atoms with Crippen molar-refractivity contribution in [2.75, 3.05) is 5.75 Å². The van der Waals surface area contributed by atoms with E-state index < -0.39 is 6.29 Å². The molecule has 1 aliphatic heterocycles. The molecule has 0 fully saturated rings. The van der Waals surface area contributed by atoms with Crippen LogP contribution in [0, 0.1) is 5.82 Å². The van der Waals surface area contributed by atoms with E-state index in [4.69, 9.17) is 9.47 Å². The number of nitrogens with zero attached hydrogens (tertiary/aromatic N) is 1. The van der Waals surface area contributed by atoms with Gasteiger partial charge in [-0.05, 0) is 39.8 Å². The number of benzene rings is 2. The Bertz CT molecular complexity index is 834. The second-order valence-electron chi connectivity index (χ2n) is 7.71. The summed E-state index contributed by atoms with van der Waals surface area (Å²) in [7, 11) is 0. The van der Waals surface area contributed by atoms with Gasteiger partial charge in [0, 0.05) is 34.5 Å². The highest BCUT2D eigenvalue weighted by Gasteiger charge is 2.26. The molecular formula is C23H28FNO3S. The van der Waals surface area contributed by atoms with Crippen LogP contribution in [-0.4, -0.2) is 28.6 Å². The molecule has 0 N–H and O–H groups in total. The topological polar surface area (TPSA) is 38.8 Å². The van der Waals surface area contributed by atoms with Crippen LogP contribution in [0.1, 0.15) is 50.7 Å². The highest BCUT2D eigenvalue weighted by Crippen LogP contribution is 2.38. The van der Waals surface area contributed by atoms with Crippen molar-refractivity contribution in [3.8, 4) is 5.75 Å². The van der Waals surface area contributed by atoms with Gasteiger partial charge in [-0.3, -0.25) is 4.79 Å². The summed E-state index contributed by atoms with van der Waals surface area (Å²) in [5.74, 6) is 1.28. The van der Waals surface area contributed by atoms with Crippen LogP contribution >= 0.6 is 11.8 Å². The van der Waals surface area contributed by atoms with E-state index in [-0.39, 0.29) is 30.4 Å². The maximum absolute atomic E-state index is 14.1. The maximum Gasteiger partial charge on any atom is 0.233 e. The minimum absolute atomic E-state index is 0.0942. The Morgan fingerprint density at radius 2 is 1.86 bits per heavy atom. The molecule has 1 amide bonds. The Balaban J connectivity index is 1.71. The molecule has 0 unspecified atom stereocenters. The van der Waals surface area contributed by atoms with Crippen LogP contribution in [0.4, 0.5) is 4.39 Å². The molecular weight excluding hydrogens is 389 g/mol. The van der Waals surface area contributed by atoms with Crippen LogP contribution in [0.5, 0.6) is 5.75 Å². The first kappa shape index (κ1) is 21.7. The number of carbonyl (C=O) groups is 1. The fraction of sp³-hybridized carbons (Fsp3) is 0.435. The van der Waals surface area contributed by atoms with Crippen LogP contribution < -0.4 is 4.74 Å². The number of halogens is 1. The maximum atomic E-state index is 14.1. The Kier molecular flexibility index (Phi) is 7.19. The molecule has 1 aliphatic rings. The third-order valence-electron chi connectivity index (χ3n) is 4.78. The number of amides is 1. The predicted molar refractivity (Wildman–Crippen MR) is 114 cm³/mol. The van der Waals surface area contributed by atoms with Gasteiger partial charge < -0.3 is 14.4 Å². The number of ether oxygens (including phenoxy) is 2. The van der Waals surface area contributed by atoms with Crippen molar-refractivity contribution in [3.05, 3.63) is 65.0 Å². The van der Waals surface area contributed by atoms with E-state index in [0.717, 1.165) is 11.1 Å². The molecule has 29 heavy (non-hydrogen) atoms. The van der Waals surface area contributed by atoms with Crippen LogP contribution in [-0.2, 0) is 21.9 Å². The summed E-state index contributed by atoms with van der Waals surface area (Å²) < 4.78 is 26.0. The lowest BCUT2D eigenvalue weighted by atomic mass is 10.1. The van der Waals surface area contributed by atoms with Gasteiger partial charge in [-0.25, -0.2) is 4.39 Å². The van der Waals surface area contributed by atoms with Gasteiger partial charge in [-0.15, -0.1) is 11.8 Å². The number of hydrogen-bond donors (Lipinski definition) is 0. The largest absolute Gasteiger partial charge is 0.460 e. The first-order valence-electron chi connectivity index (χ1n) is 9.90. The lowest BCUT2D eigenvalue weighted by Crippen LogP contribution is -2.43. The van der Waals surface area contributed by atoms with Crippen molar-refractivity contribution in [1.82, 2.24) is 4.90 Å². The predicted octanol–water partition coefficient (Wildman–Crippen LogP) is 5.31. The Labute approximate surface area is 176 Å². The number of carbonyl (C=O) groups excluding carboxylic acids is 1.